The van der Waals surface area contributed by atoms with E-state index in [4.69, 9.17) is 9.15 Å². The Balaban J connectivity index is 1.35. The van der Waals surface area contributed by atoms with Gasteiger partial charge in [-0.15, -0.1) is 0 Å². The highest BCUT2D eigenvalue weighted by Crippen LogP contribution is 2.26. The summed E-state index contributed by atoms with van der Waals surface area (Å²) in [7, 11) is 0. The lowest BCUT2D eigenvalue weighted by Crippen LogP contribution is -2.29. The first kappa shape index (κ1) is 23.4. The van der Waals surface area contributed by atoms with Crippen molar-refractivity contribution in [2.45, 2.75) is 32.9 Å². The second kappa shape index (κ2) is 9.70. The summed E-state index contributed by atoms with van der Waals surface area (Å²) >= 11 is 0. The first-order chi connectivity index (χ1) is 17.4. The molecule has 0 saturated heterocycles. The number of aryl methyl sites for hydroxylation is 2. The Morgan fingerprint density at radius 2 is 1.89 bits per heavy atom. The fourth-order valence-electron chi connectivity index (χ4n) is 4.21. The van der Waals surface area contributed by atoms with Crippen molar-refractivity contribution >= 4 is 16.9 Å². The highest BCUT2D eigenvalue weighted by atomic mass is 19.1. The molecule has 3 aromatic carbocycles. The summed E-state index contributed by atoms with van der Waals surface area (Å²) in [6.45, 7) is 4.08. The van der Waals surface area contributed by atoms with Gasteiger partial charge in [0.2, 0.25) is 5.89 Å². The van der Waals surface area contributed by atoms with E-state index in [1.165, 1.54) is 6.07 Å². The number of rotatable bonds is 8. The Hall–Kier alpha value is -4.39. The van der Waals surface area contributed by atoms with Crippen LogP contribution >= 0.6 is 0 Å². The van der Waals surface area contributed by atoms with Crippen molar-refractivity contribution in [1.29, 1.82) is 0 Å². The zero-order valence-corrected chi connectivity index (χ0v) is 19.9. The molecule has 1 N–H and O–H groups in total. The minimum Gasteiger partial charge on any atom is -0.478 e. The average Bonchev–Trinajstić information content (AvgIpc) is 3.44. The van der Waals surface area contributed by atoms with Gasteiger partial charge in [-0.1, -0.05) is 24.3 Å². The van der Waals surface area contributed by atoms with Crippen LogP contribution in [0.25, 0.3) is 22.4 Å². The molecule has 0 radical (unpaired) electrons. The van der Waals surface area contributed by atoms with Gasteiger partial charge in [0.1, 0.15) is 23.0 Å². The second-order valence-corrected chi connectivity index (χ2v) is 8.78. The monoisotopic (exact) mass is 484 g/mol. The number of oxazole rings is 1. The standard InChI is InChI=1S/C29H25FN2O4/c1-18-14-22(9-10-24(18)30)28-31-25(19(2)35-28)17-32-13-12-21-15-20(8-11-26(21)32)16-27(29(33)34)36-23-6-4-3-5-7-23/h3-15,27H,16-17H2,1-2H3,(H,33,34). The van der Waals surface area contributed by atoms with Gasteiger partial charge in [-0.3, -0.25) is 0 Å². The Kier molecular flexibility index (Phi) is 6.29. The molecule has 1 unspecified atom stereocenters. The fraction of sp³-hybridized carbons (Fsp3) is 0.172. The van der Waals surface area contributed by atoms with Crippen molar-refractivity contribution in [1.82, 2.24) is 9.55 Å². The first-order valence-corrected chi connectivity index (χ1v) is 11.6. The zero-order chi connectivity index (χ0) is 25.2. The minimum absolute atomic E-state index is 0.244. The van der Waals surface area contributed by atoms with E-state index in [2.05, 4.69) is 9.55 Å². The molecule has 0 bridgehead atoms. The molecule has 2 aromatic heterocycles. The maximum atomic E-state index is 13.6. The van der Waals surface area contributed by atoms with Crippen LogP contribution in [0, 0.1) is 19.7 Å². The summed E-state index contributed by atoms with van der Waals surface area (Å²) in [6, 6.07) is 21.6. The van der Waals surface area contributed by atoms with Crippen molar-refractivity contribution in [3.8, 4) is 17.2 Å². The number of ether oxygens (including phenoxy) is 1. The number of aliphatic carboxylic acids is 1. The van der Waals surface area contributed by atoms with Crippen LogP contribution in [0.15, 0.2) is 83.4 Å². The SMILES string of the molecule is Cc1cc(-c2nc(Cn3ccc4cc(CC(Oc5ccccc5)C(=O)O)ccc43)c(C)o2)ccc1F. The van der Waals surface area contributed by atoms with Crippen LogP contribution < -0.4 is 4.74 Å². The third kappa shape index (κ3) is 4.86. The lowest BCUT2D eigenvalue weighted by molar-refractivity contribution is -0.145. The molecule has 7 heteroatoms. The molecule has 0 aliphatic rings. The van der Waals surface area contributed by atoms with Crippen LogP contribution in [-0.4, -0.2) is 26.7 Å². The van der Waals surface area contributed by atoms with E-state index in [1.807, 2.05) is 55.6 Å². The van der Waals surface area contributed by atoms with Gasteiger partial charge in [0, 0.05) is 23.7 Å². The number of halogens is 1. The number of carboxylic acids is 1. The Morgan fingerprint density at radius 1 is 1.08 bits per heavy atom. The summed E-state index contributed by atoms with van der Waals surface area (Å²) in [5.41, 5.74) is 3.93. The molecule has 6 nitrogen and oxygen atoms in total. The Bertz CT molecular complexity index is 1540. The number of carbonyl (C=O) groups is 1. The maximum absolute atomic E-state index is 13.6. The Morgan fingerprint density at radius 3 is 2.64 bits per heavy atom. The normalized spacial score (nSPS) is 12.1. The van der Waals surface area contributed by atoms with Gasteiger partial charge in [-0.05, 0) is 78.9 Å². The molecule has 182 valence electrons. The maximum Gasteiger partial charge on any atom is 0.345 e. The van der Waals surface area contributed by atoms with Crippen LogP contribution in [0.1, 0.15) is 22.6 Å². The summed E-state index contributed by atoms with van der Waals surface area (Å²) < 4.78 is 27.3. The number of carboxylic acid groups (broad SMARTS) is 1. The molecule has 1 atom stereocenters. The van der Waals surface area contributed by atoms with E-state index in [-0.39, 0.29) is 12.2 Å². The van der Waals surface area contributed by atoms with Crippen molar-refractivity contribution in [3.63, 3.8) is 0 Å². The van der Waals surface area contributed by atoms with Gasteiger partial charge < -0.3 is 18.8 Å². The molecule has 5 aromatic rings. The van der Waals surface area contributed by atoms with Gasteiger partial charge >= 0.3 is 5.97 Å². The van der Waals surface area contributed by atoms with Crippen LogP contribution in [0.5, 0.6) is 5.75 Å². The van der Waals surface area contributed by atoms with Gasteiger partial charge in [0.05, 0.1) is 6.54 Å². The van der Waals surface area contributed by atoms with E-state index in [1.54, 1.807) is 31.2 Å². The summed E-state index contributed by atoms with van der Waals surface area (Å²) in [4.78, 5) is 16.4. The number of fused-ring (bicyclic) bond motifs is 1. The van der Waals surface area contributed by atoms with Crippen molar-refractivity contribution in [2.75, 3.05) is 0 Å². The third-order valence-electron chi connectivity index (χ3n) is 6.17. The van der Waals surface area contributed by atoms with Crippen molar-refractivity contribution < 1.29 is 23.4 Å². The second-order valence-electron chi connectivity index (χ2n) is 8.78. The minimum atomic E-state index is -1.01. The molecule has 0 aliphatic carbocycles. The lowest BCUT2D eigenvalue weighted by atomic mass is 10.1. The number of hydrogen-bond donors (Lipinski definition) is 1. The van der Waals surface area contributed by atoms with E-state index in [0.29, 0.717) is 29.5 Å². The number of para-hydroxylation sites is 1. The Labute approximate surface area is 207 Å². The van der Waals surface area contributed by atoms with E-state index in [0.717, 1.165) is 27.7 Å². The predicted molar refractivity (Wildman–Crippen MR) is 135 cm³/mol. The van der Waals surface area contributed by atoms with E-state index >= 15 is 0 Å². The van der Waals surface area contributed by atoms with Crippen LogP contribution in [0.2, 0.25) is 0 Å². The first-order valence-electron chi connectivity index (χ1n) is 11.6. The summed E-state index contributed by atoms with van der Waals surface area (Å²) in [5.74, 6) is 0.414. The summed E-state index contributed by atoms with van der Waals surface area (Å²) in [5, 5.41) is 10.6. The van der Waals surface area contributed by atoms with Crippen LogP contribution in [0.4, 0.5) is 4.39 Å². The molecule has 0 amide bonds. The molecule has 0 spiro atoms. The largest absolute Gasteiger partial charge is 0.478 e. The van der Waals surface area contributed by atoms with Gasteiger partial charge in [0.25, 0.3) is 0 Å². The van der Waals surface area contributed by atoms with Gasteiger partial charge in [0.15, 0.2) is 6.10 Å². The number of benzene rings is 3. The topological polar surface area (TPSA) is 77.5 Å². The predicted octanol–water partition coefficient (Wildman–Crippen LogP) is 6.18. The molecule has 36 heavy (non-hydrogen) atoms. The number of hydrogen-bond acceptors (Lipinski definition) is 4. The van der Waals surface area contributed by atoms with Crippen molar-refractivity contribution in [3.05, 3.63) is 107 Å². The van der Waals surface area contributed by atoms with Crippen molar-refractivity contribution in [2.24, 2.45) is 0 Å². The fourth-order valence-corrected chi connectivity index (χ4v) is 4.21. The zero-order valence-electron chi connectivity index (χ0n) is 19.9. The molecular formula is C29H25FN2O4. The van der Waals surface area contributed by atoms with Crippen LogP contribution in [0.3, 0.4) is 0 Å². The molecule has 0 fully saturated rings. The number of aromatic nitrogens is 2. The van der Waals surface area contributed by atoms with Gasteiger partial charge in [-0.2, -0.15) is 0 Å². The highest BCUT2D eigenvalue weighted by molar-refractivity contribution is 5.81. The molecular weight excluding hydrogens is 459 g/mol. The van der Waals surface area contributed by atoms with E-state index in [9.17, 15) is 14.3 Å². The average molecular weight is 485 g/mol. The lowest BCUT2D eigenvalue weighted by Gasteiger charge is -2.15. The van der Waals surface area contributed by atoms with E-state index < -0.39 is 12.1 Å². The third-order valence-corrected chi connectivity index (χ3v) is 6.17. The van der Waals surface area contributed by atoms with Crippen LogP contribution in [-0.2, 0) is 17.8 Å². The van der Waals surface area contributed by atoms with Gasteiger partial charge in [-0.25, -0.2) is 14.2 Å². The molecule has 0 aliphatic heterocycles. The molecule has 0 saturated carbocycles. The molecule has 5 rings (SSSR count). The summed E-state index contributed by atoms with van der Waals surface area (Å²) in [6.07, 6.45) is 1.23. The smallest absolute Gasteiger partial charge is 0.345 e. The molecule has 2 heterocycles. The number of nitrogens with zero attached hydrogens (tertiary/aromatic N) is 2. The quantitative estimate of drug-likeness (QED) is 0.285. The highest BCUT2D eigenvalue weighted by Gasteiger charge is 2.21.